The molecule has 0 radical (unpaired) electrons. The fourth-order valence-electron chi connectivity index (χ4n) is 1.69. The molecule has 19 heavy (non-hydrogen) atoms. The molecular formula is C13H20N2O4. The molecule has 6 heteroatoms. The Morgan fingerprint density at radius 3 is 2.68 bits per heavy atom. The van der Waals surface area contributed by atoms with E-state index >= 15 is 0 Å². The van der Waals surface area contributed by atoms with Gasteiger partial charge in [-0.2, -0.15) is 0 Å². The van der Waals surface area contributed by atoms with Crippen LogP contribution < -0.4 is 5.32 Å². The Labute approximate surface area is 112 Å². The van der Waals surface area contributed by atoms with Crippen LogP contribution in [0.5, 0.6) is 0 Å². The summed E-state index contributed by atoms with van der Waals surface area (Å²) >= 11 is 0. The number of likely N-dealkylation sites (N-methyl/N-ethyl adjacent to an activating group) is 1. The third kappa shape index (κ3) is 4.75. The fourth-order valence-corrected chi connectivity index (χ4v) is 1.69. The summed E-state index contributed by atoms with van der Waals surface area (Å²) in [5.74, 6) is -0.629. The molecular weight excluding hydrogens is 248 g/mol. The SMILES string of the molecule is CCCNC(=O)CN(C)Cc1cc(C(=O)O)oc1C. The first kappa shape index (κ1) is 15.2. The average molecular weight is 268 g/mol. The van der Waals surface area contributed by atoms with Gasteiger partial charge in [0.15, 0.2) is 0 Å². The van der Waals surface area contributed by atoms with Crippen molar-refractivity contribution in [3.05, 3.63) is 23.2 Å². The zero-order chi connectivity index (χ0) is 14.4. The van der Waals surface area contributed by atoms with E-state index < -0.39 is 5.97 Å². The van der Waals surface area contributed by atoms with Gasteiger partial charge in [0.25, 0.3) is 0 Å². The van der Waals surface area contributed by atoms with Crippen molar-refractivity contribution < 1.29 is 19.1 Å². The van der Waals surface area contributed by atoms with Crippen LogP contribution in [0.3, 0.4) is 0 Å². The summed E-state index contributed by atoms with van der Waals surface area (Å²) in [6.45, 7) is 5.12. The van der Waals surface area contributed by atoms with Gasteiger partial charge in [-0.3, -0.25) is 9.69 Å². The molecule has 0 fully saturated rings. The van der Waals surface area contributed by atoms with Gasteiger partial charge >= 0.3 is 5.97 Å². The highest BCUT2D eigenvalue weighted by atomic mass is 16.4. The number of rotatable bonds is 7. The molecule has 0 aliphatic carbocycles. The number of nitrogens with zero attached hydrogens (tertiary/aromatic N) is 1. The van der Waals surface area contributed by atoms with Crippen molar-refractivity contribution in [2.45, 2.75) is 26.8 Å². The Morgan fingerprint density at radius 1 is 1.47 bits per heavy atom. The third-order valence-electron chi connectivity index (χ3n) is 2.66. The van der Waals surface area contributed by atoms with Crippen molar-refractivity contribution in [1.82, 2.24) is 10.2 Å². The maximum absolute atomic E-state index is 11.5. The number of furan rings is 1. The minimum absolute atomic E-state index is 0.0380. The number of nitrogens with one attached hydrogen (secondary N) is 1. The monoisotopic (exact) mass is 268 g/mol. The summed E-state index contributed by atoms with van der Waals surface area (Å²) in [6.07, 6.45) is 0.901. The predicted octanol–water partition coefficient (Wildman–Crippen LogP) is 1.24. The summed E-state index contributed by atoms with van der Waals surface area (Å²) in [5, 5.41) is 11.6. The van der Waals surface area contributed by atoms with Crippen LogP contribution in [-0.2, 0) is 11.3 Å². The van der Waals surface area contributed by atoms with E-state index in [1.807, 2.05) is 11.8 Å². The minimum Gasteiger partial charge on any atom is -0.475 e. The number of hydrogen-bond acceptors (Lipinski definition) is 4. The number of carbonyl (C=O) groups is 2. The van der Waals surface area contributed by atoms with E-state index in [0.717, 1.165) is 12.0 Å². The van der Waals surface area contributed by atoms with Gasteiger partial charge in [-0.05, 0) is 26.5 Å². The lowest BCUT2D eigenvalue weighted by Gasteiger charge is -2.15. The lowest BCUT2D eigenvalue weighted by Crippen LogP contribution is -2.35. The first-order valence-electron chi connectivity index (χ1n) is 6.21. The number of aryl methyl sites for hydroxylation is 1. The van der Waals surface area contributed by atoms with Gasteiger partial charge in [-0.25, -0.2) is 4.79 Å². The summed E-state index contributed by atoms with van der Waals surface area (Å²) in [7, 11) is 1.80. The molecule has 0 saturated heterocycles. The molecule has 0 bridgehead atoms. The molecule has 2 N–H and O–H groups in total. The van der Waals surface area contributed by atoms with E-state index in [0.29, 0.717) is 18.8 Å². The molecule has 1 heterocycles. The van der Waals surface area contributed by atoms with Gasteiger partial charge in [-0.1, -0.05) is 6.92 Å². The summed E-state index contributed by atoms with van der Waals surface area (Å²) in [6, 6.07) is 1.50. The van der Waals surface area contributed by atoms with Gasteiger partial charge in [0.05, 0.1) is 6.54 Å². The highest BCUT2D eigenvalue weighted by Crippen LogP contribution is 2.16. The molecule has 0 unspecified atom stereocenters. The van der Waals surface area contributed by atoms with Crippen LogP contribution in [0, 0.1) is 6.92 Å². The Morgan fingerprint density at radius 2 is 2.16 bits per heavy atom. The average Bonchev–Trinajstić information content (AvgIpc) is 2.68. The quantitative estimate of drug-likeness (QED) is 0.777. The van der Waals surface area contributed by atoms with Gasteiger partial charge in [0.1, 0.15) is 5.76 Å². The molecule has 1 aromatic rings. The van der Waals surface area contributed by atoms with Gasteiger partial charge in [-0.15, -0.1) is 0 Å². The lowest BCUT2D eigenvalue weighted by atomic mass is 10.2. The van der Waals surface area contributed by atoms with Crippen LogP contribution in [0.2, 0.25) is 0 Å². The number of carbonyl (C=O) groups excluding carboxylic acids is 1. The third-order valence-corrected chi connectivity index (χ3v) is 2.66. The lowest BCUT2D eigenvalue weighted by molar-refractivity contribution is -0.122. The topological polar surface area (TPSA) is 82.8 Å². The van der Waals surface area contributed by atoms with Crippen LogP contribution in [0.4, 0.5) is 0 Å². The number of carboxylic acid groups (broad SMARTS) is 1. The Bertz CT molecular complexity index is 453. The number of aromatic carboxylic acids is 1. The summed E-state index contributed by atoms with van der Waals surface area (Å²) in [5.41, 5.74) is 0.781. The minimum atomic E-state index is -1.09. The van der Waals surface area contributed by atoms with Crippen molar-refractivity contribution in [2.75, 3.05) is 20.1 Å². The van der Waals surface area contributed by atoms with E-state index in [-0.39, 0.29) is 18.2 Å². The van der Waals surface area contributed by atoms with E-state index in [1.54, 1.807) is 14.0 Å². The Hall–Kier alpha value is -1.82. The molecule has 0 aliphatic heterocycles. The normalized spacial score (nSPS) is 10.7. The smallest absolute Gasteiger partial charge is 0.371 e. The largest absolute Gasteiger partial charge is 0.475 e. The highest BCUT2D eigenvalue weighted by Gasteiger charge is 2.15. The van der Waals surface area contributed by atoms with E-state index in [2.05, 4.69) is 5.32 Å². The van der Waals surface area contributed by atoms with E-state index in [9.17, 15) is 9.59 Å². The number of carboxylic acids is 1. The van der Waals surface area contributed by atoms with Crippen molar-refractivity contribution in [3.8, 4) is 0 Å². The van der Waals surface area contributed by atoms with Gasteiger partial charge < -0.3 is 14.8 Å². The molecule has 106 valence electrons. The zero-order valence-electron chi connectivity index (χ0n) is 11.5. The van der Waals surface area contributed by atoms with E-state index in [1.165, 1.54) is 6.07 Å². The van der Waals surface area contributed by atoms with Crippen LogP contribution in [-0.4, -0.2) is 42.0 Å². The summed E-state index contributed by atoms with van der Waals surface area (Å²) in [4.78, 5) is 24.1. The van der Waals surface area contributed by atoms with Crippen molar-refractivity contribution in [2.24, 2.45) is 0 Å². The molecule has 1 rings (SSSR count). The van der Waals surface area contributed by atoms with Crippen LogP contribution in [0.15, 0.2) is 10.5 Å². The highest BCUT2D eigenvalue weighted by molar-refractivity contribution is 5.84. The van der Waals surface area contributed by atoms with Crippen molar-refractivity contribution >= 4 is 11.9 Å². The predicted molar refractivity (Wildman–Crippen MR) is 70.0 cm³/mol. The molecule has 6 nitrogen and oxygen atoms in total. The van der Waals surface area contributed by atoms with Gasteiger partial charge in [0, 0.05) is 18.7 Å². The molecule has 1 aromatic heterocycles. The maximum atomic E-state index is 11.5. The molecule has 0 saturated carbocycles. The standard InChI is InChI=1S/C13H20N2O4/c1-4-5-14-12(16)8-15(3)7-10-6-11(13(17)18)19-9(10)2/h6H,4-5,7-8H2,1-3H3,(H,14,16)(H,17,18). The molecule has 0 atom stereocenters. The van der Waals surface area contributed by atoms with Crippen LogP contribution >= 0.6 is 0 Å². The fraction of sp³-hybridized carbons (Fsp3) is 0.538. The first-order chi connectivity index (χ1) is 8.93. The second-order valence-electron chi connectivity index (χ2n) is 4.52. The second-order valence-corrected chi connectivity index (χ2v) is 4.52. The van der Waals surface area contributed by atoms with Gasteiger partial charge in [0.2, 0.25) is 11.7 Å². The van der Waals surface area contributed by atoms with Crippen molar-refractivity contribution in [3.63, 3.8) is 0 Å². The first-order valence-corrected chi connectivity index (χ1v) is 6.21. The second kappa shape index (κ2) is 6.94. The van der Waals surface area contributed by atoms with E-state index in [4.69, 9.17) is 9.52 Å². The zero-order valence-corrected chi connectivity index (χ0v) is 11.5. The Kier molecular flexibility index (Phi) is 5.57. The summed E-state index contributed by atoms with van der Waals surface area (Å²) < 4.78 is 5.12. The number of amides is 1. The molecule has 0 aliphatic rings. The Balaban J connectivity index is 2.54. The molecule has 0 spiro atoms. The van der Waals surface area contributed by atoms with Crippen molar-refractivity contribution in [1.29, 1.82) is 0 Å². The van der Waals surface area contributed by atoms with Crippen LogP contribution in [0.1, 0.15) is 35.2 Å². The van der Waals surface area contributed by atoms with Crippen LogP contribution in [0.25, 0.3) is 0 Å². The molecule has 0 aromatic carbocycles. The maximum Gasteiger partial charge on any atom is 0.371 e. The molecule has 1 amide bonds. The number of hydrogen-bond donors (Lipinski definition) is 2.